The molecule has 22 heavy (non-hydrogen) atoms. The number of nitrogens with zero attached hydrogens (tertiary/aromatic N) is 1. The predicted molar refractivity (Wildman–Crippen MR) is 76.3 cm³/mol. The Labute approximate surface area is 127 Å². The molecule has 1 aliphatic rings. The fourth-order valence-corrected chi connectivity index (χ4v) is 2.87. The fraction of sp³-hybridized carbons (Fsp3) is 0.500. The molecule has 1 fully saturated rings. The van der Waals surface area contributed by atoms with Crippen molar-refractivity contribution in [2.24, 2.45) is 0 Å². The smallest absolute Gasteiger partial charge is 0.303 e. The zero-order valence-electron chi connectivity index (χ0n) is 12.2. The monoisotopic (exact) mass is 311 g/mol. The maximum Gasteiger partial charge on any atom is 0.303 e. The van der Waals surface area contributed by atoms with Crippen LogP contribution in [0.1, 0.15) is 37.7 Å². The highest BCUT2D eigenvalue weighted by Crippen LogP contribution is 2.23. The predicted octanol–water partition coefficient (Wildman–Crippen LogP) is 2.75. The highest BCUT2D eigenvalue weighted by Gasteiger charge is 2.28. The van der Waals surface area contributed by atoms with Crippen molar-refractivity contribution in [3.05, 3.63) is 35.4 Å². The molecular formula is C16H19F2NO3. The first-order chi connectivity index (χ1) is 10.5. The minimum absolute atomic E-state index is 0.0114. The molecule has 0 aliphatic carbocycles. The summed E-state index contributed by atoms with van der Waals surface area (Å²) in [7, 11) is 0. The van der Waals surface area contributed by atoms with Crippen molar-refractivity contribution in [3.8, 4) is 0 Å². The van der Waals surface area contributed by atoms with E-state index in [2.05, 4.69) is 0 Å². The third-order valence-corrected chi connectivity index (χ3v) is 4.03. The van der Waals surface area contributed by atoms with Gasteiger partial charge in [0.2, 0.25) is 5.91 Å². The molecule has 1 aromatic carbocycles. The van der Waals surface area contributed by atoms with Crippen molar-refractivity contribution in [2.75, 3.05) is 6.54 Å². The van der Waals surface area contributed by atoms with Crippen LogP contribution in [0.3, 0.4) is 0 Å². The minimum atomic E-state index is -0.905. The molecule has 4 nitrogen and oxygen atoms in total. The molecule has 2 rings (SSSR count). The molecule has 1 unspecified atom stereocenters. The third kappa shape index (κ3) is 4.02. The number of amides is 1. The van der Waals surface area contributed by atoms with Crippen LogP contribution in [-0.2, 0) is 16.0 Å². The molecule has 0 bridgehead atoms. The van der Waals surface area contributed by atoms with Crippen LogP contribution in [0.2, 0.25) is 0 Å². The van der Waals surface area contributed by atoms with E-state index in [1.807, 2.05) is 0 Å². The van der Waals surface area contributed by atoms with Gasteiger partial charge in [0.05, 0.1) is 6.42 Å². The summed E-state index contributed by atoms with van der Waals surface area (Å²) < 4.78 is 27.3. The summed E-state index contributed by atoms with van der Waals surface area (Å²) in [4.78, 5) is 24.7. The molecule has 6 heteroatoms. The first-order valence-electron chi connectivity index (χ1n) is 7.43. The van der Waals surface area contributed by atoms with E-state index in [1.165, 1.54) is 6.07 Å². The number of hydrogen-bond donors (Lipinski definition) is 1. The number of hydrogen-bond acceptors (Lipinski definition) is 2. The van der Waals surface area contributed by atoms with Gasteiger partial charge in [-0.15, -0.1) is 0 Å². The second-order valence-corrected chi connectivity index (χ2v) is 5.55. The van der Waals surface area contributed by atoms with E-state index < -0.39 is 17.6 Å². The second-order valence-electron chi connectivity index (χ2n) is 5.55. The molecule has 0 radical (unpaired) electrons. The highest BCUT2D eigenvalue weighted by molar-refractivity contribution is 5.79. The topological polar surface area (TPSA) is 57.6 Å². The Hall–Kier alpha value is -1.98. The first-order valence-corrected chi connectivity index (χ1v) is 7.43. The van der Waals surface area contributed by atoms with Crippen LogP contribution in [-0.4, -0.2) is 34.5 Å². The van der Waals surface area contributed by atoms with Crippen LogP contribution >= 0.6 is 0 Å². The Morgan fingerprint density at radius 3 is 2.55 bits per heavy atom. The zero-order valence-corrected chi connectivity index (χ0v) is 12.2. The van der Waals surface area contributed by atoms with Gasteiger partial charge in [-0.1, -0.05) is 6.07 Å². The average Bonchev–Trinajstić information content (AvgIpc) is 2.49. The van der Waals surface area contributed by atoms with Gasteiger partial charge >= 0.3 is 5.97 Å². The Bertz CT molecular complexity index is 542. The molecule has 1 aromatic rings. The normalized spacial score (nSPS) is 18.3. The van der Waals surface area contributed by atoms with E-state index in [-0.39, 0.29) is 30.4 Å². The summed E-state index contributed by atoms with van der Waals surface area (Å²) >= 11 is 0. The van der Waals surface area contributed by atoms with Gasteiger partial charge in [0.25, 0.3) is 0 Å². The molecule has 1 aliphatic heterocycles. The summed E-state index contributed by atoms with van der Waals surface area (Å²) in [6.07, 6.45) is 2.53. The number of likely N-dealkylation sites (tertiary alicyclic amines) is 1. The summed E-state index contributed by atoms with van der Waals surface area (Å²) in [6, 6.07) is 3.36. The molecule has 0 spiro atoms. The molecule has 1 N–H and O–H groups in total. The lowest BCUT2D eigenvalue weighted by Crippen LogP contribution is -2.44. The van der Waals surface area contributed by atoms with Gasteiger partial charge in [0.15, 0.2) is 0 Å². The zero-order chi connectivity index (χ0) is 16.1. The molecule has 1 amide bonds. The Morgan fingerprint density at radius 1 is 1.23 bits per heavy atom. The lowest BCUT2D eigenvalue weighted by atomic mass is 9.97. The molecule has 1 heterocycles. The van der Waals surface area contributed by atoms with Crippen LogP contribution in [0.5, 0.6) is 0 Å². The number of aliphatic carboxylic acids is 1. The number of carboxylic acids is 1. The van der Waals surface area contributed by atoms with Gasteiger partial charge in [-0.3, -0.25) is 9.59 Å². The fourth-order valence-electron chi connectivity index (χ4n) is 2.87. The van der Waals surface area contributed by atoms with Crippen molar-refractivity contribution in [1.29, 1.82) is 0 Å². The van der Waals surface area contributed by atoms with Crippen LogP contribution in [0.4, 0.5) is 8.78 Å². The van der Waals surface area contributed by atoms with E-state index in [1.54, 1.807) is 4.90 Å². The van der Waals surface area contributed by atoms with Gasteiger partial charge in [0, 0.05) is 24.6 Å². The number of rotatable bonds is 5. The minimum Gasteiger partial charge on any atom is -0.481 e. The second kappa shape index (κ2) is 7.33. The van der Waals surface area contributed by atoms with Crippen molar-refractivity contribution in [2.45, 2.75) is 44.6 Å². The lowest BCUT2D eigenvalue weighted by Gasteiger charge is -2.36. The van der Waals surface area contributed by atoms with Crippen LogP contribution in [0.15, 0.2) is 18.2 Å². The standard InChI is InChI=1S/C16H19F2NO3/c17-13-5-3-6-14(18)12(13)10-15(20)19-9-2-1-4-11(19)7-8-16(21)22/h3,5-6,11H,1-2,4,7-10H2,(H,21,22). The first kappa shape index (κ1) is 16.4. The van der Waals surface area contributed by atoms with E-state index in [9.17, 15) is 18.4 Å². The van der Waals surface area contributed by atoms with Gasteiger partial charge in [-0.25, -0.2) is 8.78 Å². The molecule has 0 saturated carbocycles. The summed E-state index contributed by atoms with van der Waals surface area (Å²) in [6.45, 7) is 0.513. The van der Waals surface area contributed by atoms with Gasteiger partial charge in [-0.2, -0.15) is 0 Å². The summed E-state index contributed by atoms with van der Waals surface area (Å²) in [5.74, 6) is -2.71. The van der Waals surface area contributed by atoms with Gasteiger partial charge in [0.1, 0.15) is 11.6 Å². The average molecular weight is 311 g/mol. The number of benzene rings is 1. The molecule has 120 valence electrons. The molecular weight excluding hydrogens is 292 g/mol. The largest absolute Gasteiger partial charge is 0.481 e. The van der Waals surface area contributed by atoms with Gasteiger partial charge < -0.3 is 10.0 Å². The van der Waals surface area contributed by atoms with E-state index in [0.29, 0.717) is 13.0 Å². The highest BCUT2D eigenvalue weighted by atomic mass is 19.1. The van der Waals surface area contributed by atoms with Crippen molar-refractivity contribution in [3.63, 3.8) is 0 Å². The van der Waals surface area contributed by atoms with E-state index in [0.717, 1.165) is 31.4 Å². The summed E-state index contributed by atoms with van der Waals surface area (Å²) in [5.41, 5.74) is -0.227. The number of carboxylic acid groups (broad SMARTS) is 1. The van der Waals surface area contributed by atoms with Crippen LogP contribution in [0.25, 0.3) is 0 Å². The Balaban J connectivity index is 2.07. The van der Waals surface area contributed by atoms with Crippen LogP contribution in [0, 0.1) is 11.6 Å². The number of carbonyl (C=O) groups excluding carboxylic acids is 1. The maximum atomic E-state index is 13.6. The van der Waals surface area contributed by atoms with Crippen LogP contribution < -0.4 is 0 Å². The Morgan fingerprint density at radius 2 is 1.91 bits per heavy atom. The summed E-state index contributed by atoms with van der Waals surface area (Å²) in [5, 5.41) is 8.77. The number of halogens is 2. The third-order valence-electron chi connectivity index (χ3n) is 4.03. The molecule has 1 atom stereocenters. The van der Waals surface area contributed by atoms with Crippen molar-refractivity contribution in [1.82, 2.24) is 4.90 Å². The van der Waals surface area contributed by atoms with Crippen molar-refractivity contribution >= 4 is 11.9 Å². The lowest BCUT2D eigenvalue weighted by molar-refractivity contribution is -0.139. The number of carbonyl (C=O) groups is 2. The van der Waals surface area contributed by atoms with E-state index >= 15 is 0 Å². The van der Waals surface area contributed by atoms with E-state index in [4.69, 9.17) is 5.11 Å². The SMILES string of the molecule is O=C(O)CCC1CCCCN1C(=O)Cc1c(F)cccc1F. The van der Waals surface area contributed by atoms with Crippen molar-refractivity contribution < 1.29 is 23.5 Å². The Kier molecular flexibility index (Phi) is 5.46. The quantitative estimate of drug-likeness (QED) is 0.909. The molecule has 0 aromatic heterocycles. The number of piperidine rings is 1. The van der Waals surface area contributed by atoms with Gasteiger partial charge in [-0.05, 0) is 37.8 Å². The maximum absolute atomic E-state index is 13.6. The molecule has 1 saturated heterocycles.